The first kappa shape index (κ1) is 12.1. The molecule has 5 nitrogen and oxygen atoms in total. The number of rotatable bonds is 4. The van der Waals surface area contributed by atoms with Crippen molar-refractivity contribution in [3.05, 3.63) is 22.4 Å². The molecule has 2 heterocycles. The molecule has 1 aromatic heterocycles. The molecule has 1 fully saturated rings. The van der Waals surface area contributed by atoms with Gasteiger partial charge in [0, 0.05) is 13.0 Å². The maximum absolute atomic E-state index is 11.6. The van der Waals surface area contributed by atoms with Crippen LogP contribution in [0.1, 0.15) is 24.5 Å². The molecule has 0 aliphatic carbocycles. The number of amides is 2. The van der Waals surface area contributed by atoms with Crippen LogP contribution in [-0.2, 0) is 9.59 Å². The third-order valence-corrected chi connectivity index (χ3v) is 3.41. The lowest BCUT2D eigenvalue weighted by molar-refractivity contribution is -0.126. The van der Waals surface area contributed by atoms with Gasteiger partial charge in [-0.3, -0.25) is 9.59 Å². The van der Waals surface area contributed by atoms with E-state index in [1.54, 1.807) is 0 Å². The fourth-order valence-electron chi connectivity index (χ4n) is 1.71. The van der Waals surface area contributed by atoms with Gasteiger partial charge in [0.2, 0.25) is 11.8 Å². The van der Waals surface area contributed by atoms with E-state index in [-0.39, 0.29) is 18.4 Å². The molecule has 92 valence electrons. The topological polar surface area (TPSA) is 78.4 Å². The monoisotopic (exact) mass is 254 g/mol. The zero-order valence-corrected chi connectivity index (χ0v) is 10.00. The Kier molecular flexibility index (Phi) is 3.75. The Morgan fingerprint density at radius 2 is 2.53 bits per heavy atom. The number of thiophene rings is 1. The maximum Gasteiger partial charge on any atom is 0.242 e. The highest BCUT2D eigenvalue weighted by Crippen LogP contribution is 2.15. The average Bonchev–Trinajstić information content (AvgIpc) is 2.95. The second-order valence-electron chi connectivity index (χ2n) is 3.98. The van der Waals surface area contributed by atoms with Gasteiger partial charge in [-0.2, -0.15) is 11.3 Å². The Labute approximate surface area is 103 Å². The Balaban J connectivity index is 1.78. The maximum atomic E-state index is 11.6. The molecule has 2 unspecified atom stereocenters. The summed E-state index contributed by atoms with van der Waals surface area (Å²) < 4.78 is 0. The largest absolute Gasteiger partial charge is 0.387 e. The average molecular weight is 254 g/mol. The van der Waals surface area contributed by atoms with E-state index in [0.717, 1.165) is 5.56 Å². The van der Waals surface area contributed by atoms with Crippen molar-refractivity contribution in [1.82, 2.24) is 10.6 Å². The molecule has 1 aromatic rings. The van der Waals surface area contributed by atoms with Crippen molar-refractivity contribution in [3.8, 4) is 0 Å². The van der Waals surface area contributed by atoms with Crippen LogP contribution in [0, 0.1) is 0 Å². The lowest BCUT2D eigenvalue weighted by atomic mass is 10.2. The zero-order chi connectivity index (χ0) is 12.3. The third-order valence-electron chi connectivity index (χ3n) is 2.71. The van der Waals surface area contributed by atoms with Crippen LogP contribution in [0.2, 0.25) is 0 Å². The number of hydrogen-bond acceptors (Lipinski definition) is 4. The quantitative estimate of drug-likeness (QED) is 0.717. The molecule has 17 heavy (non-hydrogen) atoms. The van der Waals surface area contributed by atoms with Gasteiger partial charge in [-0.15, -0.1) is 0 Å². The summed E-state index contributed by atoms with van der Waals surface area (Å²) in [5, 5.41) is 18.7. The Hall–Kier alpha value is -1.40. The highest BCUT2D eigenvalue weighted by Gasteiger charge is 2.27. The Bertz CT molecular complexity index is 405. The van der Waals surface area contributed by atoms with E-state index in [9.17, 15) is 14.7 Å². The molecular weight excluding hydrogens is 240 g/mol. The standard InChI is InChI=1S/C11H14N2O3S/c14-9(7-3-4-17-6-7)5-12-11(16)8-1-2-10(15)13-8/h3-4,6,8-9,14H,1-2,5H2,(H,12,16)(H,13,15). The molecule has 0 spiro atoms. The van der Waals surface area contributed by atoms with E-state index in [2.05, 4.69) is 10.6 Å². The number of hydrogen-bond donors (Lipinski definition) is 3. The van der Waals surface area contributed by atoms with Crippen LogP contribution in [-0.4, -0.2) is 29.5 Å². The molecule has 1 aliphatic rings. The minimum absolute atomic E-state index is 0.0940. The van der Waals surface area contributed by atoms with Gasteiger partial charge in [0.05, 0.1) is 6.10 Å². The summed E-state index contributed by atoms with van der Waals surface area (Å²) >= 11 is 1.50. The van der Waals surface area contributed by atoms with Crippen molar-refractivity contribution >= 4 is 23.2 Å². The molecule has 0 bridgehead atoms. The molecule has 3 N–H and O–H groups in total. The number of aliphatic hydroxyl groups excluding tert-OH is 1. The van der Waals surface area contributed by atoms with E-state index in [1.807, 2.05) is 16.8 Å². The van der Waals surface area contributed by atoms with Crippen LogP contribution >= 0.6 is 11.3 Å². The van der Waals surface area contributed by atoms with Gasteiger partial charge in [0.15, 0.2) is 0 Å². The summed E-state index contributed by atoms with van der Waals surface area (Å²) in [6.45, 7) is 0.169. The molecule has 0 aromatic carbocycles. The normalized spacial score (nSPS) is 21.0. The summed E-state index contributed by atoms with van der Waals surface area (Å²) in [5.74, 6) is -0.325. The lowest BCUT2D eigenvalue weighted by Gasteiger charge is -2.13. The molecule has 1 aliphatic heterocycles. The summed E-state index contributed by atoms with van der Waals surface area (Å²) in [6.07, 6.45) is 0.229. The van der Waals surface area contributed by atoms with Crippen molar-refractivity contribution in [2.24, 2.45) is 0 Å². The minimum Gasteiger partial charge on any atom is -0.387 e. The first-order chi connectivity index (χ1) is 8.16. The molecular formula is C11H14N2O3S. The highest BCUT2D eigenvalue weighted by molar-refractivity contribution is 7.07. The van der Waals surface area contributed by atoms with Crippen molar-refractivity contribution in [1.29, 1.82) is 0 Å². The predicted molar refractivity (Wildman–Crippen MR) is 63.5 cm³/mol. The fraction of sp³-hybridized carbons (Fsp3) is 0.455. The first-order valence-corrected chi connectivity index (χ1v) is 6.38. The van der Waals surface area contributed by atoms with E-state index in [0.29, 0.717) is 12.8 Å². The van der Waals surface area contributed by atoms with Crippen molar-refractivity contribution in [3.63, 3.8) is 0 Å². The Morgan fingerprint density at radius 1 is 1.71 bits per heavy atom. The highest BCUT2D eigenvalue weighted by atomic mass is 32.1. The van der Waals surface area contributed by atoms with Crippen molar-refractivity contribution in [2.75, 3.05) is 6.54 Å². The van der Waals surface area contributed by atoms with Crippen molar-refractivity contribution in [2.45, 2.75) is 25.0 Å². The molecule has 2 atom stereocenters. The summed E-state index contributed by atoms with van der Waals surface area (Å²) in [6, 6.07) is 1.37. The Morgan fingerprint density at radius 3 is 3.12 bits per heavy atom. The first-order valence-electron chi connectivity index (χ1n) is 5.44. The summed E-state index contributed by atoms with van der Waals surface area (Å²) in [5.41, 5.74) is 0.797. The van der Waals surface area contributed by atoms with Gasteiger partial charge in [-0.05, 0) is 28.8 Å². The van der Waals surface area contributed by atoms with Gasteiger partial charge in [0.1, 0.15) is 6.04 Å². The number of nitrogens with one attached hydrogen (secondary N) is 2. The van der Waals surface area contributed by atoms with Crippen LogP contribution in [0.25, 0.3) is 0 Å². The lowest BCUT2D eigenvalue weighted by Crippen LogP contribution is -2.42. The van der Waals surface area contributed by atoms with Crippen LogP contribution < -0.4 is 10.6 Å². The van der Waals surface area contributed by atoms with Crippen LogP contribution in [0.5, 0.6) is 0 Å². The third kappa shape index (κ3) is 3.04. The van der Waals surface area contributed by atoms with Crippen LogP contribution in [0.4, 0.5) is 0 Å². The van der Waals surface area contributed by atoms with E-state index in [1.165, 1.54) is 11.3 Å². The van der Waals surface area contributed by atoms with Gasteiger partial charge in [-0.25, -0.2) is 0 Å². The zero-order valence-electron chi connectivity index (χ0n) is 9.18. The number of aliphatic hydroxyl groups is 1. The SMILES string of the molecule is O=C1CCC(C(=O)NCC(O)c2ccsc2)N1. The number of carbonyl (C=O) groups excluding carboxylic acids is 2. The second-order valence-corrected chi connectivity index (χ2v) is 4.76. The van der Waals surface area contributed by atoms with E-state index < -0.39 is 12.1 Å². The molecule has 0 radical (unpaired) electrons. The second kappa shape index (κ2) is 5.29. The van der Waals surface area contributed by atoms with E-state index in [4.69, 9.17) is 0 Å². The van der Waals surface area contributed by atoms with Crippen molar-refractivity contribution < 1.29 is 14.7 Å². The van der Waals surface area contributed by atoms with Gasteiger partial charge in [0.25, 0.3) is 0 Å². The molecule has 0 saturated carbocycles. The minimum atomic E-state index is -0.692. The molecule has 2 amide bonds. The molecule has 6 heteroatoms. The summed E-state index contributed by atoms with van der Waals surface area (Å²) in [7, 11) is 0. The van der Waals surface area contributed by atoms with Crippen LogP contribution in [0.15, 0.2) is 16.8 Å². The van der Waals surface area contributed by atoms with Gasteiger partial charge < -0.3 is 15.7 Å². The molecule has 1 saturated heterocycles. The van der Waals surface area contributed by atoms with E-state index >= 15 is 0 Å². The summed E-state index contributed by atoms with van der Waals surface area (Å²) in [4.78, 5) is 22.6. The molecule has 2 rings (SSSR count). The van der Waals surface area contributed by atoms with Gasteiger partial charge in [-0.1, -0.05) is 0 Å². The predicted octanol–water partition coefficient (Wildman–Crippen LogP) is 0.176. The van der Waals surface area contributed by atoms with Gasteiger partial charge >= 0.3 is 0 Å². The fourth-order valence-corrected chi connectivity index (χ4v) is 2.42. The smallest absolute Gasteiger partial charge is 0.242 e. The van der Waals surface area contributed by atoms with Crippen LogP contribution in [0.3, 0.4) is 0 Å². The number of carbonyl (C=O) groups is 2.